The number of aromatic amines is 1. The van der Waals surface area contributed by atoms with E-state index in [1.165, 1.54) is 4.90 Å². The molecule has 1 saturated heterocycles. The van der Waals surface area contributed by atoms with Crippen LogP contribution in [0.4, 0.5) is 5.69 Å². The molecule has 0 saturated carbocycles. The van der Waals surface area contributed by atoms with E-state index in [9.17, 15) is 14.7 Å². The first kappa shape index (κ1) is 22.6. The fourth-order valence-electron chi connectivity index (χ4n) is 3.73. The smallest absolute Gasteiger partial charge is 0.291 e. The highest BCUT2D eigenvalue weighted by Crippen LogP contribution is 2.31. The van der Waals surface area contributed by atoms with Crippen molar-refractivity contribution in [1.29, 1.82) is 0 Å². The molecular formula is C25H23N5O5. The van der Waals surface area contributed by atoms with Gasteiger partial charge in [-0.25, -0.2) is 4.98 Å². The lowest BCUT2D eigenvalue weighted by Crippen LogP contribution is -2.49. The van der Waals surface area contributed by atoms with Gasteiger partial charge in [0, 0.05) is 19.0 Å². The zero-order valence-corrected chi connectivity index (χ0v) is 18.9. The number of aromatic nitrogens is 3. The van der Waals surface area contributed by atoms with E-state index >= 15 is 0 Å². The summed E-state index contributed by atoms with van der Waals surface area (Å²) in [6, 6.07) is 13.9. The summed E-state index contributed by atoms with van der Waals surface area (Å²) in [6.07, 6.45) is 0.500. The molecule has 5 rings (SSSR count). The van der Waals surface area contributed by atoms with Crippen LogP contribution in [0.5, 0.6) is 5.75 Å². The first-order chi connectivity index (χ1) is 16.9. The summed E-state index contributed by atoms with van der Waals surface area (Å²) < 4.78 is 10.9. The molecule has 0 bridgehead atoms. The van der Waals surface area contributed by atoms with Crippen molar-refractivity contribution in [3.05, 3.63) is 71.3 Å². The minimum absolute atomic E-state index is 0.0522. The van der Waals surface area contributed by atoms with Crippen molar-refractivity contribution in [3.8, 4) is 17.6 Å². The van der Waals surface area contributed by atoms with Crippen LogP contribution in [-0.4, -0.2) is 70.6 Å². The fraction of sp³-hybridized carbons (Fsp3) is 0.280. The standard InChI is InChI=1S/C25H23N5O5/c1-30-19-8-7-17(9-10-25(33)14-34-15-25)11-20(19)35-13-18(24(30)32)26-23(31)22-27-21(28-29-22)12-16-5-3-2-4-6-16/h2-8,11,18,33H,12-15H2,1H3,(H,26,31)(H,27,28,29)/t18-/m0/s1. The van der Waals surface area contributed by atoms with Gasteiger partial charge in [-0.3, -0.25) is 14.7 Å². The molecular weight excluding hydrogens is 450 g/mol. The molecule has 3 N–H and O–H groups in total. The molecule has 3 aromatic rings. The molecule has 10 nitrogen and oxygen atoms in total. The summed E-state index contributed by atoms with van der Waals surface area (Å²) in [5, 5.41) is 19.5. The molecule has 0 spiro atoms. The topological polar surface area (TPSA) is 130 Å². The van der Waals surface area contributed by atoms with Crippen LogP contribution in [0.3, 0.4) is 0 Å². The number of nitrogens with one attached hydrogen (secondary N) is 2. The highest BCUT2D eigenvalue weighted by Gasteiger charge is 2.34. The van der Waals surface area contributed by atoms with E-state index in [-0.39, 0.29) is 31.6 Å². The van der Waals surface area contributed by atoms with Gasteiger partial charge in [0.2, 0.25) is 5.82 Å². The molecule has 1 fully saturated rings. The predicted octanol–water partition coefficient (Wildman–Crippen LogP) is 0.662. The van der Waals surface area contributed by atoms with E-state index in [4.69, 9.17) is 9.47 Å². The van der Waals surface area contributed by atoms with Gasteiger partial charge in [0.25, 0.3) is 11.8 Å². The van der Waals surface area contributed by atoms with Gasteiger partial charge >= 0.3 is 0 Å². The molecule has 1 atom stereocenters. The molecule has 0 aliphatic carbocycles. The van der Waals surface area contributed by atoms with Crippen molar-refractivity contribution < 1.29 is 24.2 Å². The minimum Gasteiger partial charge on any atom is -0.489 e. The first-order valence-corrected chi connectivity index (χ1v) is 11.0. The van der Waals surface area contributed by atoms with Crippen molar-refractivity contribution in [3.63, 3.8) is 0 Å². The molecule has 1 aromatic heterocycles. The average Bonchev–Trinajstić information content (AvgIpc) is 3.28. The quantitative estimate of drug-likeness (QED) is 0.475. The number of fused-ring (bicyclic) bond motifs is 1. The third-order valence-electron chi connectivity index (χ3n) is 5.73. The van der Waals surface area contributed by atoms with Gasteiger partial charge in [-0.15, -0.1) is 5.10 Å². The zero-order chi connectivity index (χ0) is 24.4. The number of amides is 2. The number of hydrogen-bond donors (Lipinski definition) is 3. The molecule has 0 radical (unpaired) electrons. The molecule has 2 aliphatic rings. The van der Waals surface area contributed by atoms with Gasteiger partial charge in [0.15, 0.2) is 5.60 Å². The van der Waals surface area contributed by atoms with Crippen molar-refractivity contribution in [2.45, 2.75) is 18.1 Å². The van der Waals surface area contributed by atoms with Crippen molar-refractivity contribution >= 4 is 17.5 Å². The number of likely N-dealkylation sites (N-methyl/N-ethyl adjacent to an activating group) is 1. The lowest BCUT2D eigenvalue weighted by atomic mass is 10.0. The van der Waals surface area contributed by atoms with Crippen LogP contribution >= 0.6 is 0 Å². The number of benzene rings is 2. The van der Waals surface area contributed by atoms with Gasteiger partial charge in [-0.05, 0) is 23.8 Å². The largest absolute Gasteiger partial charge is 0.489 e. The lowest BCUT2D eigenvalue weighted by Gasteiger charge is -2.30. The number of rotatable bonds is 4. The van der Waals surface area contributed by atoms with Crippen LogP contribution in [0.2, 0.25) is 0 Å². The molecule has 10 heteroatoms. The summed E-state index contributed by atoms with van der Waals surface area (Å²) in [7, 11) is 1.61. The maximum atomic E-state index is 13.0. The summed E-state index contributed by atoms with van der Waals surface area (Å²) in [4.78, 5) is 31.4. The molecule has 2 aromatic carbocycles. The molecule has 0 unspecified atom stereocenters. The number of hydrogen-bond acceptors (Lipinski definition) is 7. The summed E-state index contributed by atoms with van der Waals surface area (Å²) >= 11 is 0. The SMILES string of the molecule is CN1C(=O)[C@@H](NC(=O)c2n[nH]c(Cc3ccccc3)n2)COc2cc(C#CC3(O)COC3)ccc21. The Morgan fingerprint density at radius 2 is 2.09 bits per heavy atom. The second-order valence-electron chi connectivity index (χ2n) is 8.46. The van der Waals surface area contributed by atoms with Crippen molar-refractivity contribution in [2.75, 3.05) is 31.8 Å². The summed E-state index contributed by atoms with van der Waals surface area (Å²) in [5.74, 6) is 5.73. The van der Waals surface area contributed by atoms with Crippen molar-refractivity contribution in [2.24, 2.45) is 0 Å². The number of anilines is 1. The third kappa shape index (κ3) is 4.87. The van der Waals surface area contributed by atoms with E-state index in [2.05, 4.69) is 32.3 Å². The Labute approximate surface area is 201 Å². The van der Waals surface area contributed by atoms with Crippen LogP contribution in [0.1, 0.15) is 27.6 Å². The zero-order valence-electron chi connectivity index (χ0n) is 18.9. The second kappa shape index (κ2) is 9.21. The Hall–Kier alpha value is -4.20. The molecule has 178 valence electrons. The molecule has 3 heterocycles. The summed E-state index contributed by atoms with van der Waals surface area (Å²) in [6.45, 7) is 0.287. The Morgan fingerprint density at radius 3 is 2.83 bits per heavy atom. The second-order valence-corrected chi connectivity index (χ2v) is 8.46. The molecule has 2 aliphatic heterocycles. The monoisotopic (exact) mass is 473 g/mol. The number of H-pyrrole nitrogens is 1. The maximum absolute atomic E-state index is 13.0. The van der Waals surface area contributed by atoms with Gasteiger partial charge in [0.05, 0.1) is 18.9 Å². The Bertz CT molecular complexity index is 1320. The minimum atomic E-state index is -1.13. The van der Waals surface area contributed by atoms with E-state index < -0.39 is 17.6 Å². The van der Waals surface area contributed by atoms with Crippen LogP contribution in [0.15, 0.2) is 48.5 Å². The van der Waals surface area contributed by atoms with Gasteiger partial charge < -0.3 is 24.8 Å². The Morgan fingerprint density at radius 1 is 1.29 bits per heavy atom. The number of carbonyl (C=O) groups excluding carboxylic acids is 2. The first-order valence-electron chi connectivity index (χ1n) is 11.0. The van der Waals surface area contributed by atoms with Gasteiger partial charge in [-0.1, -0.05) is 42.2 Å². The van der Waals surface area contributed by atoms with E-state index in [1.54, 1.807) is 25.2 Å². The summed E-state index contributed by atoms with van der Waals surface area (Å²) in [5.41, 5.74) is 1.07. The van der Waals surface area contributed by atoms with Gasteiger partial charge in [0.1, 0.15) is 24.2 Å². The van der Waals surface area contributed by atoms with Crippen LogP contribution in [-0.2, 0) is 16.0 Å². The maximum Gasteiger partial charge on any atom is 0.291 e. The van der Waals surface area contributed by atoms with E-state index in [1.807, 2.05) is 30.3 Å². The number of nitrogens with zero attached hydrogens (tertiary/aromatic N) is 3. The number of carbonyl (C=O) groups is 2. The molecule has 35 heavy (non-hydrogen) atoms. The predicted molar refractivity (Wildman–Crippen MR) is 125 cm³/mol. The third-order valence-corrected chi connectivity index (χ3v) is 5.73. The normalized spacial score (nSPS) is 18.3. The van der Waals surface area contributed by atoms with Crippen LogP contribution in [0, 0.1) is 11.8 Å². The number of aliphatic hydroxyl groups is 1. The Kier molecular flexibility index (Phi) is 5.94. The Balaban J connectivity index is 1.26. The van der Waals surface area contributed by atoms with E-state index in [0.717, 1.165) is 5.56 Å². The average molecular weight is 473 g/mol. The molecule has 2 amide bonds. The fourth-order valence-corrected chi connectivity index (χ4v) is 3.73. The number of ether oxygens (including phenoxy) is 2. The van der Waals surface area contributed by atoms with E-state index in [0.29, 0.717) is 29.2 Å². The lowest BCUT2D eigenvalue weighted by molar-refractivity contribution is -0.140. The highest BCUT2D eigenvalue weighted by atomic mass is 16.5. The van der Waals surface area contributed by atoms with Crippen molar-refractivity contribution in [1.82, 2.24) is 20.5 Å². The van der Waals surface area contributed by atoms with Gasteiger partial charge in [-0.2, -0.15) is 0 Å². The van der Waals surface area contributed by atoms with Crippen LogP contribution in [0.25, 0.3) is 0 Å². The highest BCUT2D eigenvalue weighted by molar-refractivity contribution is 6.02. The van der Waals surface area contributed by atoms with Crippen LogP contribution < -0.4 is 15.0 Å².